The lowest BCUT2D eigenvalue weighted by Crippen LogP contribution is -2.30. The van der Waals surface area contributed by atoms with Crippen molar-refractivity contribution in [3.63, 3.8) is 0 Å². The quantitative estimate of drug-likeness (QED) is 0.818. The molecule has 2 heterocycles. The van der Waals surface area contributed by atoms with Crippen molar-refractivity contribution in [3.8, 4) is 6.07 Å². The van der Waals surface area contributed by atoms with Crippen molar-refractivity contribution in [3.05, 3.63) is 32.9 Å². The Balaban J connectivity index is 2.29. The molecule has 1 saturated heterocycles. The van der Waals surface area contributed by atoms with Crippen molar-refractivity contribution in [2.75, 3.05) is 0 Å². The van der Waals surface area contributed by atoms with Gasteiger partial charge in [0.2, 0.25) is 0 Å². The zero-order valence-corrected chi connectivity index (χ0v) is 13.6. The first kappa shape index (κ1) is 15.9. The number of rotatable bonds is 1. The van der Waals surface area contributed by atoms with E-state index in [9.17, 15) is 15.5 Å². The van der Waals surface area contributed by atoms with Gasteiger partial charge in [-0.25, -0.2) is 0 Å². The number of hydrogen-bond donors (Lipinski definition) is 2. The molecule has 5 nitrogen and oxygen atoms in total. The van der Waals surface area contributed by atoms with Gasteiger partial charge in [-0.2, -0.15) is 5.26 Å². The average molecular weight is 362 g/mol. The number of hydrogen-bond acceptors (Lipinski definition) is 4. The second-order valence-electron chi connectivity index (χ2n) is 5.14. The first-order chi connectivity index (χ1) is 10.4. The highest BCUT2D eigenvalue weighted by molar-refractivity contribution is 6.43. The van der Waals surface area contributed by atoms with Crippen LogP contribution in [0.5, 0.6) is 0 Å². The molecule has 116 valence electrons. The molecule has 22 heavy (non-hydrogen) atoms. The third-order valence-corrected chi connectivity index (χ3v) is 4.92. The van der Waals surface area contributed by atoms with E-state index < -0.39 is 24.5 Å². The van der Waals surface area contributed by atoms with E-state index >= 15 is 0 Å². The minimum Gasteiger partial charge on any atom is -0.388 e. The second kappa shape index (κ2) is 5.57. The molecule has 0 spiro atoms. The van der Waals surface area contributed by atoms with Crippen LogP contribution in [0.3, 0.4) is 0 Å². The predicted octanol–water partition coefficient (Wildman–Crippen LogP) is 3.11. The Morgan fingerprint density at radius 2 is 1.82 bits per heavy atom. The molecule has 0 unspecified atom stereocenters. The topological polar surface area (TPSA) is 78.4 Å². The summed E-state index contributed by atoms with van der Waals surface area (Å²) >= 11 is 18.3. The zero-order chi connectivity index (χ0) is 16.2. The van der Waals surface area contributed by atoms with Gasteiger partial charge in [-0.05, 0) is 19.1 Å². The number of aromatic nitrogens is 1. The minimum atomic E-state index is -1.18. The van der Waals surface area contributed by atoms with E-state index in [1.807, 2.05) is 6.07 Å². The fourth-order valence-electron chi connectivity index (χ4n) is 2.67. The van der Waals surface area contributed by atoms with Gasteiger partial charge in [0.25, 0.3) is 0 Å². The van der Waals surface area contributed by atoms with Crippen LogP contribution in [0.25, 0.3) is 10.9 Å². The van der Waals surface area contributed by atoms with Gasteiger partial charge in [-0.3, -0.25) is 0 Å². The number of aliphatic hydroxyl groups excluding tert-OH is 2. The van der Waals surface area contributed by atoms with Gasteiger partial charge in [0.05, 0.1) is 27.2 Å². The smallest absolute Gasteiger partial charge is 0.164 e. The highest BCUT2D eigenvalue weighted by Gasteiger charge is 2.43. The van der Waals surface area contributed by atoms with E-state index in [2.05, 4.69) is 0 Å². The van der Waals surface area contributed by atoms with E-state index in [1.165, 1.54) is 4.57 Å². The molecular formula is C14H11Cl3N2O3. The van der Waals surface area contributed by atoms with Crippen molar-refractivity contribution in [2.24, 2.45) is 0 Å². The van der Waals surface area contributed by atoms with Crippen LogP contribution in [-0.4, -0.2) is 33.1 Å². The van der Waals surface area contributed by atoms with Gasteiger partial charge >= 0.3 is 0 Å². The number of fused-ring (bicyclic) bond motifs is 1. The van der Waals surface area contributed by atoms with E-state index in [-0.39, 0.29) is 15.7 Å². The third-order valence-electron chi connectivity index (χ3n) is 3.83. The number of benzene rings is 1. The molecule has 1 aromatic heterocycles. The van der Waals surface area contributed by atoms with Crippen molar-refractivity contribution < 1.29 is 14.9 Å². The minimum absolute atomic E-state index is 0.0983. The van der Waals surface area contributed by atoms with Gasteiger partial charge in [0.1, 0.15) is 23.4 Å². The number of halogens is 3. The summed E-state index contributed by atoms with van der Waals surface area (Å²) in [4.78, 5) is 0. The van der Waals surface area contributed by atoms with Crippen molar-refractivity contribution >= 4 is 45.7 Å². The van der Waals surface area contributed by atoms with Crippen molar-refractivity contribution in [2.45, 2.75) is 31.5 Å². The maximum Gasteiger partial charge on any atom is 0.164 e. The van der Waals surface area contributed by atoms with E-state index in [0.29, 0.717) is 15.9 Å². The normalized spacial score (nSPS) is 28.2. The molecule has 1 aromatic carbocycles. The van der Waals surface area contributed by atoms with Gasteiger partial charge in [-0.1, -0.05) is 34.8 Å². The molecule has 0 saturated carbocycles. The van der Waals surface area contributed by atoms with Gasteiger partial charge in [-0.15, -0.1) is 0 Å². The summed E-state index contributed by atoms with van der Waals surface area (Å²) < 4.78 is 7.04. The molecule has 1 aliphatic rings. The number of ether oxygens (including phenoxy) is 1. The SMILES string of the molecule is C[C@H]1O[C@@H](n2c(Cl)c(C#N)c3cc(Cl)c(Cl)cc32)[C@H](O)[C@@H]1O. The maximum atomic E-state index is 10.2. The fraction of sp³-hybridized carbons (Fsp3) is 0.357. The van der Waals surface area contributed by atoms with Crippen LogP contribution in [0, 0.1) is 11.3 Å². The summed E-state index contributed by atoms with van der Waals surface area (Å²) in [6.07, 6.45) is -3.71. The molecule has 8 heteroatoms. The molecule has 4 atom stereocenters. The monoisotopic (exact) mass is 360 g/mol. The lowest BCUT2D eigenvalue weighted by molar-refractivity contribution is -0.0291. The summed E-state index contributed by atoms with van der Waals surface area (Å²) in [7, 11) is 0. The second-order valence-corrected chi connectivity index (χ2v) is 6.32. The van der Waals surface area contributed by atoms with E-state index in [1.54, 1.807) is 19.1 Å². The van der Waals surface area contributed by atoms with Crippen LogP contribution in [0.15, 0.2) is 12.1 Å². The number of aliphatic hydroxyl groups is 2. The predicted molar refractivity (Wildman–Crippen MR) is 83.3 cm³/mol. The Hall–Kier alpha value is -1.00. The molecule has 2 aromatic rings. The van der Waals surface area contributed by atoms with E-state index in [0.717, 1.165) is 0 Å². The lowest BCUT2D eigenvalue weighted by atomic mass is 10.1. The Bertz CT molecular complexity index is 799. The van der Waals surface area contributed by atoms with Crippen molar-refractivity contribution in [1.82, 2.24) is 4.57 Å². The van der Waals surface area contributed by atoms with Crippen LogP contribution in [0.4, 0.5) is 0 Å². The Labute approximate surface area is 141 Å². The highest BCUT2D eigenvalue weighted by atomic mass is 35.5. The molecule has 2 N–H and O–H groups in total. The standard InChI is InChI=1S/C14H11Cl3N2O3/c1-5-11(20)12(21)14(22-5)19-10-3-9(16)8(15)2-6(10)7(4-18)13(19)17/h2-3,5,11-12,14,20-21H,1H3/t5-,11-,12-,14-/m1/s1. The molecule has 1 aliphatic heterocycles. The molecule has 3 rings (SSSR count). The van der Waals surface area contributed by atoms with Crippen LogP contribution in [-0.2, 0) is 4.74 Å². The van der Waals surface area contributed by atoms with Crippen LogP contribution >= 0.6 is 34.8 Å². The van der Waals surface area contributed by atoms with Crippen LogP contribution < -0.4 is 0 Å². The Kier molecular flexibility index (Phi) is 4.02. The largest absolute Gasteiger partial charge is 0.388 e. The van der Waals surface area contributed by atoms with Crippen LogP contribution in [0.2, 0.25) is 15.2 Å². The maximum absolute atomic E-state index is 10.2. The first-order valence-electron chi connectivity index (χ1n) is 6.47. The molecular weight excluding hydrogens is 351 g/mol. The lowest BCUT2D eigenvalue weighted by Gasteiger charge is -2.19. The molecule has 0 bridgehead atoms. The number of nitrogens with zero attached hydrogens (tertiary/aromatic N) is 2. The van der Waals surface area contributed by atoms with Crippen LogP contribution in [0.1, 0.15) is 18.7 Å². The molecule has 0 aliphatic carbocycles. The Morgan fingerprint density at radius 1 is 1.18 bits per heavy atom. The summed E-state index contributed by atoms with van der Waals surface area (Å²) in [5, 5.41) is 30.6. The van der Waals surface area contributed by atoms with Crippen molar-refractivity contribution in [1.29, 1.82) is 5.26 Å². The van der Waals surface area contributed by atoms with E-state index in [4.69, 9.17) is 39.5 Å². The summed E-state index contributed by atoms with van der Waals surface area (Å²) in [5.74, 6) is 0. The molecule has 1 fully saturated rings. The molecule has 0 amide bonds. The highest BCUT2D eigenvalue weighted by Crippen LogP contribution is 2.40. The third kappa shape index (κ3) is 2.19. The first-order valence-corrected chi connectivity index (χ1v) is 7.60. The van der Waals surface area contributed by atoms with Gasteiger partial charge in [0.15, 0.2) is 6.23 Å². The zero-order valence-electron chi connectivity index (χ0n) is 11.3. The van der Waals surface area contributed by atoms with Gasteiger partial charge in [0, 0.05) is 5.39 Å². The molecule has 0 radical (unpaired) electrons. The Morgan fingerprint density at radius 3 is 2.36 bits per heavy atom. The summed E-state index contributed by atoms with van der Waals surface area (Å²) in [6.45, 7) is 1.64. The fourth-order valence-corrected chi connectivity index (χ4v) is 3.32. The van der Waals surface area contributed by atoms with Gasteiger partial charge < -0.3 is 19.5 Å². The summed E-state index contributed by atoms with van der Waals surface area (Å²) in [6, 6.07) is 5.11. The summed E-state index contributed by atoms with van der Waals surface area (Å²) in [5.41, 5.74) is 0.710. The average Bonchev–Trinajstić information content (AvgIpc) is 2.87. The number of nitriles is 1.